The monoisotopic (exact) mass is 712 g/mol. The van der Waals surface area contributed by atoms with Crippen LogP contribution < -0.4 is 9.47 Å². The molecule has 7 aromatic carbocycles. The van der Waals surface area contributed by atoms with Gasteiger partial charge in [-0.1, -0.05) is 115 Å². The van der Waals surface area contributed by atoms with E-state index in [1.165, 1.54) is 54.6 Å². The first kappa shape index (κ1) is 34.7. The van der Waals surface area contributed by atoms with Crippen molar-refractivity contribution in [3.05, 3.63) is 212 Å². The molecule has 0 saturated heterocycles. The molecule has 0 spiro atoms. The minimum atomic E-state index is -0.541. The van der Waals surface area contributed by atoms with Crippen LogP contribution in [0.4, 0.5) is 11.4 Å². The van der Waals surface area contributed by atoms with Gasteiger partial charge in [0.05, 0.1) is 21.0 Å². The Morgan fingerprint density at radius 1 is 0.389 bits per heavy atom. The van der Waals surface area contributed by atoms with E-state index in [0.717, 1.165) is 11.1 Å². The Bertz CT molecular complexity index is 2380. The molecule has 0 unspecified atom stereocenters. The Morgan fingerprint density at radius 3 is 1.19 bits per heavy atom. The zero-order valence-corrected chi connectivity index (χ0v) is 28.3. The number of nitro benzene ring substituents is 2. The van der Waals surface area contributed by atoms with Crippen LogP contribution >= 0.6 is 0 Å². The molecule has 0 N–H and O–H groups in total. The number of nitro groups is 2. The highest BCUT2D eigenvalue weighted by molar-refractivity contribution is 6.14. The van der Waals surface area contributed by atoms with Gasteiger partial charge in [-0.2, -0.15) is 0 Å². The van der Waals surface area contributed by atoms with Gasteiger partial charge in [0.15, 0.2) is 11.6 Å². The van der Waals surface area contributed by atoms with Crippen LogP contribution in [-0.4, -0.2) is 21.4 Å². The lowest BCUT2D eigenvalue weighted by Crippen LogP contribution is -2.08. The molecule has 0 aliphatic carbocycles. The van der Waals surface area contributed by atoms with Crippen molar-refractivity contribution in [3.8, 4) is 45.3 Å². The van der Waals surface area contributed by atoms with Gasteiger partial charge in [0.25, 0.3) is 0 Å². The van der Waals surface area contributed by atoms with Gasteiger partial charge in [-0.15, -0.1) is 0 Å². The number of carbonyl (C=O) groups excluding carboxylic acids is 2. The lowest BCUT2D eigenvalue weighted by atomic mass is 9.96. The van der Waals surface area contributed by atoms with E-state index in [2.05, 4.69) is 0 Å². The highest BCUT2D eigenvalue weighted by Crippen LogP contribution is 2.38. The summed E-state index contributed by atoms with van der Waals surface area (Å²) in [5.74, 6) is -0.877. The molecule has 0 aliphatic heterocycles. The summed E-state index contributed by atoms with van der Waals surface area (Å²) in [6.45, 7) is 0. The van der Waals surface area contributed by atoms with Crippen molar-refractivity contribution in [3.63, 3.8) is 0 Å². The zero-order chi connectivity index (χ0) is 37.6. The number of ketones is 2. The molecule has 0 bridgehead atoms. The highest BCUT2D eigenvalue weighted by Gasteiger charge is 2.24. The van der Waals surface area contributed by atoms with E-state index in [-0.39, 0.29) is 56.6 Å². The van der Waals surface area contributed by atoms with Crippen molar-refractivity contribution in [1.29, 1.82) is 0 Å². The predicted molar refractivity (Wildman–Crippen MR) is 203 cm³/mol. The number of carbonyl (C=O) groups is 2. The van der Waals surface area contributed by atoms with Gasteiger partial charge < -0.3 is 9.47 Å². The van der Waals surface area contributed by atoms with E-state index in [4.69, 9.17) is 9.47 Å². The maximum Gasteiger partial charge on any atom is 0.312 e. The molecule has 54 heavy (non-hydrogen) atoms. The summed E-state index contributed by atoms with van der Waals surface area (Å²) in [5.41, 5.74) is 2.88. The molecule has 0 amide bonds. The Hall–Kier alpha value is -7.72. The van der Waals surface area contributed by atoms with E-state index < -0.39 is 21.4 Å². The van der Waals surface area contributed by atoms with Gasteiger partial charge in [0.2, 0.25) is 11.5 Å². The summed E-state index contributed by atoms with van der Waals surface area (Å²) in [5, 5.41) is 24.2. The number of ether oxygens (including phenoxy) is 2. The van der Waals surface area contributed by atoms with E-state index in [1.807, 2.05) is 60.7 Å². The average Bonchev–Trinajstić information content (AvgIpc) is 3.21. The Morgan fingerprint density at radius 2 is 0.778 bits per heavy atom. The largest absolute Gasteiger partial charge is 0.449 e. The van der Waals surface area contributed by atoms with Crippen molar-refractivity contribution < 1.29 is 28.9 Å². The lowest BCUT2D eigenvalue weighted by Gasteiger charge is -2.13. The first-order valence-corrected chi connectivity index (χ1v) is 16.7. The fourth-order valence-electron chi connectivity index (χ4n) is 5.95. The molecular weight excluding hydrogens is 684 g/mol. The summed E-state index contributed by atoms with van der Waals surface area (Å²) < 4.78 is 12.0. The molecule has 0 saturated carbocycles. The number of para-hydroxylation sites is 2. The molecule has 0 heterocycles. The fourth-order valence-corrected chi connectivity index (χ4v) is 5.95. The summed E-state index contributed by atoms with van der Waals surface area (Å²) in [7, 11) is 0. The quantitative estimate of drug-likeness (QED) is 0.0693. The third-order valence-corrected chi connectivity index (χ3v) is 8.62. The predicted octanol–water partition coefficient (Wildman–Crippen LogP) is 10.9. The smallest absolute Gasteiger partial charge is 0.312 e. The molecular formula is C44H28N2O8. The van der Waals surface area contributed by atoms with E-state index in [9.17, 15) is 29.8 Å². The second-order valence-electron chi connectivity index (χ2n) is 12.0. The molecule has 0 fully saturated rings. The maximum absolute atomic E-state index is 14.0. The van der Waals surface area contributed by atoms with Gasteiger partial charge >= 0.3 is 11.4 Å². The normalized spacial score (nSPS) is 10.7. The third-order valence-electron chi connectivity index (χ3n) is 8.62. The lowest BCUT2D eigenvalue weighted by molar-refractivity contribution is -0.385. The summed E-state index contributed by atoms with van der Waals surface area (Å²) >= 11 is 0. The van der Waals surface area contributed by atoms with Crippen LogP contribution in [0, 0.1) is 20.2 Å². The summed E-state index contributed by atoms with van der Waals surface area (Å²) in [6.07, 6.45) is 0. The van der Waals surface area contributed by atoms with E-state index in [1.54, 1.807) is 54.6 Å². The number of hydrogen-bond donors (Lipinski definition) is 0. The summed E-state index contributed by atoms with van der Waals surface area (Å²) in [4.78, 5) is 51.0. The van der Waals surface area contributed by atoms with E-state index in [0.29, 0.717) is 11.1 Å². The van der Waals surface area contributed by atoms with Crippen molar-refractivity contribution in [2.45, 2.75) is 0 Å². The van der Waals surface area contributed by atoms with Gasteiger partial charge in [0, 0.05) is 23.3 Å². The minimum Gasteiger partial charge on any atom is -0.449 e. The van der Waals surface area contributed by atoms with Crippen molar-refractivity contribution in [1.82, 2.24) is 0 Å². The minimum absolute atomic E-state index is 0.0459. The van der Waals surface area contributed by atoms with Crippen molar-refractivity contribution in [2.24, 2.45) is 0 Å². The SMILES string of the molecule is O=C(c1cccc(C(=O)c2ccccc2Oc2ccc(-c3ccccc3)cc2[N+](=O)[O-])c1)c1ccccc1Oc1ccc(-c2ccccc2)cc1[N+](=O)[O-]. The number of hydrogen-bond acceptors (Lipinski definition) is 8. The van der Waals surface area contributed by atoms with Gasteiger partial charge in [-0.3, -0.25) is 29.8 Å². The van der Waals surface area contributed by atoms with Crippen LogP contribution in [0.1, 0.15) is 31.8 Å². The second kappa shape index (κ2) is 15.3. The van der Waals surface area contributed by atoms with Gasteiger partial charge in [-0.05, 0) is 64.7 Å². The van der Waals surface area contributed by atoms with Crippen LogP contribution in [-0.2, 0) is 0 Å². The average molecular weight is 713 g/mol. The third kappa shape index (κ3) is 7.34. The number of rotatable bonds is 12. The van der Waals surface area contributed by atoms with Crippen molar-refractivity contribution >= 4 is 22.9 Å². The molecule has 0 aromatic heterocycles. The molecule has 10 nitrogen and oxygen atoms in total. The van der Waals surface area contributed by atoms with Crippen molar-refractivity contribution in [2.75, 3.05) is 0 Å². The van der Waals surface area contributed by atoms with Crippen LogP contribution in [0.2, 0.25) is 0 Å². The molecule has 10 heteroatoms. The molecule has 7 rings (SSSR count). The Kier molecular flexibility index (Phi) is 9.81. The van der Waals surface area contributed by atoms with Crippen LogP contribution in [0.25, 0.3) is 22.3 Å². The first-order chi connectivity index (χ1) is 26.3. The topological polar surface area (TPSA) is 139 Å². The van der Waals surface area contributed by atoms with Crippen LogP contribution in [0.3, 0.4) is 0 Å². The number of nitrogens with zero attached hydrogens (tertiary/aromatic N) is 2. The Balaban J connectivity index is 1.16. The van der Waals surface area contributed by atoms with Gasteiger partial charge in [-0.25, -0.2) is 0 Å². The standard InChI is InChI=1S/C44H28N2O8/c47-43(35-18-7-9-20-39(35)53-41-24-22-31(27-37(41)45(49)50)29-12-3-1-4-13-29)33-16-11-17-34(26-33)44(48)36-19-8-10-21-40(36)54-42-25-23-32(28-38(42)46(51)52)30-14-5-2-6-15-30/h1-28H. The van der Waals surface area contributed by atoms with Gasteiger partial charge in [0.1, 0.15) is 11.5 Å². The van der Waals surface area contributed by atoms with E-state index >= 15 is 0 Å². The molecule has 7 aromatic rings. The highest BCUT2D eigenvalue weighted by atomic mass is 16.6. The van der Waals surface area contributed by atoms with Crippen LogP contribution in [0.15, 0.2) is 170 Å². The fraction of sp³-hybridized carbons (Fsp3) is 0. The molecule has 0 radical (unpaired) electrons. The second-order valence-corrected chi connectivity index (χ2v) is 12.0. The molecule has 262 valence electrons. The number of benzene rings is 7. The maximum atomic E-state index is 14.0. The van der Waals surface area contributed by atoms with Crippen LogP contribution in [0.5, 0.6) is 23.0 Å². The summed E-state index contributed by atoms with van der Waals surface area (Å²) in [6, 6.07) is 46.5. The molecule has 0 aliphatic rings. The Labute approximate surface area is 308 Å². The zero-order valence-electron chi connectivity index (χ0n) is 28.3. The first-order valence-electron chi connectivity index (χ1n) is 16.7. The molecule has 0 atom stereocenters.